The van der Waals surface area contributed by atoms with Crippen LogP contribution in [-0.2, 0) is 6.61 Å². The van der Waals surface area contributed by atoms with Gasteiger partial charge in [-0.15, -0.1) is 0 Å². The maximum Gasteiger partial charge on any atom is 0.229 e. The summed E-state index contributed by atoms with van der Waals surface area (Å²) in [6.07, 6.45) is 8.25. The van der Waals surface area contributed by atoms with Crippen molar-refractivity contribution in [2.45, 2.75) is 44.8 Å². The van der Waals surface area contributed by atoms with Gasteiger partial charge in [-0.1, -0.05) is 31.4 Å². The Balaban J connectivity index is 1.70. The number of hydrogen-bond acceptors (Lipinski definition) is 5. The van der Waals surface area contributed by atoms with Crippen LogP contribution in [0.1, 0.15) is 37.7 Å². The lowest BCUT2D eigenvalue weighted by Gasteiger charge is -2.32. The van der Waals surface area contributed by atoms with Crippen molar-refractivity contribution in [3.63, 3.8) is 0 Å². The molecule has 0 amide bonds. The summed E-state index contributed by atoms with van der Waals surface area (Å²) in [4.78, 5) is 11.2. The molecule has 1 aliphatic carbocycles. The molecule has 3 rings (SSSR count). The molecule has 2 N–H and O–H groups in total. The average molecular weight is 312 g/mol. The van der Waals surface area contributed by atoms with Crippen LogP contribution in [0.3, 0.4) is 0 Å². The normalized spacial score (nSPS) is 15.4. The van der Waals surface area contributed by atoms with E-state index in [4.69, 9.17) is 5.11 Å². The lowest BCUT2D eigenvalue weighted by molar-refractivity contribution is 0.282. The Hall–Kier alpha value is -2.14. The largest absolute Gasteiger partial charge is 0.392 e. The molecule has 0 saturated heterocycles. The van der Waals surface area contributed by atoms with Gasteiger partial charge in [0.15, 0.2) is 0 Å². The quantitative estimate of drug-likeness (QED) is 0.885. The Labute approximate surface area is 137 Å². The number of aliphatic hydroxyl groups is 1. The van der Waals surface area contributed by atoms with Crippen LogP contribution in [0, 0.1) is 0 Å². The predicted molar refractivity (Wildman–Crippen MR) is 93.0 cm³/mol. The van der Waals surface area contributed by atoms with Gasteiger partial charge >= 0.3 is 0 Å². The molecule has 0 atom stereocenters. The molecule has 1 fully saturated rings. The minimum absolute atomic E-state index is 0.0540. The first-order chi connectivity index (χ1) is 11.3. The standard InChI is InChI=1S/C18H24N4O/c1-22(16-5-3-2-4-6-16)17-11-12-19-18(21-17)20-15-9-7-14(13-23)8-10-15/h7-12,16,23H,2-6,13H2,1H3,(H,19,20,21). The van der Waals surface area contributed by atoms with Gasteiger partial charge in [0.25, 0.3) is 0 Å². The lowest BCUT2D eigenvalue weighted by Crippen LogP contribution is -2.34. The van der Waals surface area contributed by atoms with Crippen LogP contribution in [0.2, 0.25) is 0 Å². The summed E-state index contributed by atoms with van der Waals surface area (Å²) in [5.74, 6) is 1.56. The number of nitrogens with zero attached hydrogens (tertiary/aromatic N) is 3. The molecule has 122 valence electrons. The molecular formula is C18H24N4O. The van der Waals surface area contributed by atoms with E-state index in [0.717, 1.165) is 17.1 Å². The summed E-state index contributed by atoms with van der Waals surface area (Å²) in [5.41, 5.74) is 1.81. The first-order valence-electron chi connectivity index (χ1n) is 8.29. The fraction of sp³-hybridized carbons (Fsp3) is 0.444. The molecule has 2 aromatic rings. The van der Waals surface area contributed by atoms with Crippen molar-refractivity contribution >= 4 is 17.5 Å². The minimum atomic E-state index is 0.0540. The van der Waals surface area contributed by atoms with Crippen LogP contribution < -0.4 is 10.2 Å². The van der Waals surface area contributed by atoms with Crippen LogP contribution in [0.25, 0.3) is 0 Å². The summed E-state index contributed by atoms with van der Waals surface area (Å²) in [6, 6.07) is 10.2. The Bertz CT molecular complexity index is 623. The first kappa shape index (κ1) is 15.7. The van der Waals surface area contributed by atoms with E-state index in [0.29, 0.717) is 12.0 Å². The first-order valence-corrected chi connectivity index (χ1v) is 8.29. The van der Waals surface area contributed by atoms with Crippen molar-refractivity contribution in [1.29, 1.82) is 0 Å². The Morgan fingerprint density at radius 1 is 1.13 bits per heavy atom. The smallest absolute Gasteiger partial charge is 0.229 e. The molecule has 0 unspecified atom stereocenters. The van der Waals surface area contributed by atoms with Gasteiger partial charge in [-0.05, 0) is 36.6 Å². The molecule has 0 bridgehead atoms. The zero-order chi connectivity index (χ0) is 16.1. The zero-order valence-corrected chi connectivity index (χ0v) is 13.6. The summed E-state index contributed by atoms with van der Waals surface area (Å²) in [7, 11) is 2.12. The topological polar surface area (TPSA) is 61.3 Å². The monoisotopic (exact) mass is 312 g/mol. The molecule has 1 heterocycles. The molecule has 1 aromatic heterocycles. The van der Waals surface area contributed by atoms with Crippen molar-refractivity contribution in [2.75, 3.05) is 17.3 Å². The van der Waals surface area contributed by atoms with E-state index in [9.17, 15) is 0 Å². The maximum atomic E-state index is 9.09. The van der Waals surface area contributed by atoms with Gasteiger partial charge in [0, 0.05) is 25.0 Å². The molecule has 23 heavy (non-hydrogen) atoms. The molecule has 1 aromatic carbocycles. The highest BCUT2D eigenvalue weighted by Crippen LogP contribution is 2.25. The van der Waals surface area contributed by atoms with Gasteiger partial charge in [0.05, 0.1) is 6.61 Å². The highest BCUT2D eigenvalue weighted by Gasteiger charge is 2.19. The van der Waals surface area contributed by atoms with Gasteiger partial charge < -0.3 is 15.3 Å². The van der Waals surface area contributed by atoms with Crippen LogP contribution in [0.15, 0.2) is 36.5 Å². The highest BCUT2D eigenvalue weighted by atomic mass is 16.3. The zero-order valence-electron chi connectivity index (χ0n) is 13.6. The van der Waals surface area contributed by atoms with Crippen molar-refractivity contribution < 1.29 is 5.11 Å². The minimum Gasteiger partial charge on any atom is -0.392 e. The second-order valence-corrected chi connectivity index (χ2v) is 6.12. The number of benzene rings is 1. The number of rotatable bonds is 5. The second kappa shape index (κ2) is 7.42. The number of nitrogens with one attached hydrogen (secondary N) is 1. The molecule has 5 heteroatoms. The fourth-order valence-electron chi connectivity index (χ4n) is 3.08. The Kier molecular flexibility index (Phi) is 5.08. The van der Waals surface area contributed by atoms with Gasteiger partial charge in [-0.25, -0.2) is 4.98 Å². The van der Waals surface area contributed by atoms with Crippen molar-refractivity contribution in [2.24, 2.45) is 0 Å². The fourth-order valence-corrected chi connectivity index (χ4v) is 3.08. The van der Waals surface area contributed by atoms with E-state index in [1.807, 2.05) is 30.3 Å². The summed E-state index contributed by atoms with van der Waals surface area (Å²) >= 11 is 0. The summed E-state index contributed by atoms with van der Waals surface area (Å²) < 4.78 is 0. The van der Waals surface area contributed by atoms with E-state index >= 15 is 0 Å². The van der Waals surface area contributed by atoms with Crippen molar-refractivity contribution in [3.8, 4) is 0 Å². The molecule has 0 aliphatic heterocycles. The van der Waals surface area contributed by atoms with Crippen LogP contribution in [0.5, 0.6) is 0 Å². The van der Waals surface area contributed by atoms with Gasteiger partial charge in [-0.2, -0.15) is 4.98 Å². The van der Waals surface area contributed by atoms with Gasteiger partial charge in [0.1, 0.15) is 5.82 Å². The number of aliphatic hydroxyl groups excluding tert-OH is 1. The van der Waals surface area contributed by atoms with E-state index < -0.39 is 0 Å². The molecule has 0 spiro atoms. The average Bonchev–Trinajstić information content (AvgIpc) is 2.63. The Morgan fingerprint density at radius 3 is 2.57 bits per heavy atom. The predicted octanol–water partition coefficient (Wildman–Crippen LogP) is 3.48. The van der Waals surface area contributed by atoms with Gasteiger partial charge in [0.2, 0.25) is 5.95 Å². The SMILES string of the molecule is CN(c1ccnc(Nc2ccc(CO)cc2)n1)C1CCCCC1. The molecule has 5 nitrogen and oxygen atoms in total. The third-order valence-electron chi connectivity index (χ3n) is 4.52. The lowest BCUT2D eigenvalue weighted by atomic mass is 9.94. The van der Waals surface area contributed by atoms with E-state index in [-0.39, 0.29) is 6.61 Å². The molecule has 1 saturated carbocycles. The van der Waals surface area contributed by atoms with Crippen LogP contribution in [-0.4, -0.2) is 28.2 Å². The highest BCUT2D eigenvalue weighted by molar-refractivity contribution is 5.55. The number of anilines is 3. The van der Waals surface area contributed by atoms with Crippen molar-refractivity contribution in [3.05, 3.63) is 42.1 Å². The Morgan fingerprint density at radius 2 is 1.87 bits per heavy atom. The van der Waals surface area contributed by atoms with E-state index in [2.05, 4.69) is 27.2 Å². The summed E-state index contributed by atoms with van der Waals surface area (Å²) in [6.45, 7) is 0.0540. The van der Waals surface area contributed by atoms with E-state index in [1.54, 1.807) is 6.20 Å². The summed E-state index contributed by atoms with van der Waals surface area (Å²) in [5, 5.41) is 12.3. The molecule has 0 radical (unpaired) electrons. The molecule has 1 aliphatic rings. The van der Waals surface area contributed by atoms with Crippen LogP contribution in [0.4, 0.5) is 17.5 Å². The second-order valence-electron chi connectivity index (χ2n) is 6.12. The number of aromatic nitrogens is 2. The third-order valence-corrected chi connectivity index (χ3v) is 4.52. The third kappa shape index (κ3) is 3.99. The number of hydrogen-bond donors (Lipinski definition) is 2. The van der Waals surface area contributed by atoms with Gasteiger partial charge in [-0.3, -0.25) is 0 Å². The van der Waals surface area contributed by atoms with Crippen molar-refractivity contribution in [1.82, 2.24) is 9.97 Å². The van der Waals surface area contributed by atoms with Crippen LogP contribution >= 0.6 is 0 Å². The maximum absolute atomic E-state index is 9.09. The molecular weight excluding hydrogens is 288 g/mol. The van der Waals surface area contributed by atoms with E-state index in [1.165, 1.54) is 32.1 Å².